The van der Waals surface area contributed by atoms with E-state index in [0.717, 1.165) is 21.4 Å². The molecular formula is C20H18BrClN4O2. The molecule has 2 aromatic carbocycles. The molecule has 0 atom stereocenters. The molecule has 2 N–H and O–H groups in total. The number of urea groups is 1. The maximum Gasteiger partial charge on any atom is 0.326 e. The van der Waals surface area contributed by atoms with Crippen LogP contribution in [0.3, 0.4) is 0 Å². The summed E-state index contributed by atoms with van der Waals surface area (Å²) in [5.41, 5.74) is 3.62. The van der Waals surface area contributed by atoms with Crippen molar-refractivity contribution in [3.05, 3.63) is 80.5 Å². The molecule has 8 heteroatoms. The van der Waals surface area contributed by atoms with Crippen LogP contribution in [0.4, 0.5) is 10.5 Å². The average Bonchev–Trinajstić information content (AvgIpc) is 2.90. The second kappa shape index (κ2) is 8.58. The van der Waals surface area contributed by atoms with Crippen LogP contribution in [0.2, 0.25) is 5.02 Å². The summed E-state index contributed by atoms with van der Waals surface area (Å²) in [6.45, 7) is 4.42. The van der Waals surface area contributed by atoms with Crippen LogP contribution in [0.5, 0.6) is 0 Å². The zero-order valence-electron chi connectivity index (χ0n) is 15.3. The number of nitrogens with zero attached hydrogens (tertiary/aromatic N) is 2. The number of rotatable bonds is 4. The number of para-hydroxylation sites is 1. The van der Waals surface area contributed by atoms with Crippen LogP contribution in [0.1, 0.15) is 27.3 Å². The Morgan fingerprint density at radius 2 is 1.89 bits per heavy atom. The summed E-state index contributed by atoms with van der Waals surface area (Å²) in [4.78, 5) is 24.5. The minimum Gasteiger partial charge on any atom is -0.306 e. The molecule has 6 nitrogen and oxygen atoms in total. The number of imide groups is 1. The number of nitrogens with one attached hydrogen (secondary N) is 2. The van der Waals surface area contributed by atoms with E-state index in [1.165, 1.54) is 0 Å². The summed E-state index contributed by atoms with van der Waals surface area (Å²) < 4.78 is 2.83. The second-order valence-electron chi connectivity index (χ2n) is 6.23. The number of benzene rings is 2. The SMILES string of the molecule is Cc1nn(Cc2cccc(C(=O)NC(=O)Nc3ccccc3Cl)c2)c(C)c1Br. The first-order chi connectivity index (χ1) is 13.3. The fourth-order valence-corrected chi connectivity index (χ4v) is 3.17. The Labute approximate surface area is 176 Å². The molecule has 0 radical (unpaired) electrons. The van der Waals surface area contributed by atoms with Crippen LogP contribution in [-0.4, -0.2) is 21.7 Å². The molecule has 0 bridgehead atoms. The third-order valence-corrected chi connectivity index (χ3v) is 5.64. The van der Waals surface area contributed by atoms with Gasteiger partial charge in [0.05, 0.1) is 33.1 Å². The molecule has 0 saturated carbocycles. The van der Waals surface area contributed by atoms with E-state index in [4.69, 9.17) is 11.6 Å². The van der Waals surface area contributed by atoms with Crippen LogP contribution >= 0.6 is 27.5 Å². The van der Waals surface area contributed by atoms with Crippen LogP contribution < -0.4 is 10.6 Å². The van der Waals surface area contributed by atoms with E-state index in [9.17, 15) is 9.59 Å². The normalized spacial score (nSPS) is 10.6. The Balaban J connectivity index is 1.69. The molecule has 1 aromatic heterocycles. The summed E-state index contributed by atoms with van der Waals surface area (Å²) in [6.07, 6.45) is 0. The van der Waals surface area contributed by atoms with Crippen molar-refractivity contribution in [2.75, 3.05) is 5.32 Å². The smallest absolute Gasteiger partial charge is 0.306 e. The fourth-order valence-electron chi connectivity index (χ4n) is 2.70. The van der Waals surface area contributed by atoms with Crippen molar-refractivity contribution >= 4 is 45.2 Å². The van der Waals surface area contributed by atoms with Gasteiger partial charge in [0.2, 0.25) is 0 Å². The van der Waals surface area contributed by atoms with Gasteiger partial charge in [-0.15, -0.1) is 0 Å². The molecule has 0 aliphatic heterocycles. The van der Waals surface area contributed by atoms with E-state index < -0.39 is 11.9 Å². The van der Waals surface area contributed by atoms with Crippen molar-refractivity contribution in [3.63, 3.8) is 0 Å². The summed E-state index contributed by atoms with van der Waals surface area (Å²) in [5, 5.41) is 9.74. The van der Waals surface area contributed by atoms with Gasteiger partial charge in [0.25, 0.3) is 5.91 Å². The van der Waals surface area contributed by atoms with Gasteiger partial charge in [0, 0.05) is 5.56 Å². The molecule has 0 unspecified atom stereocenters. The van der Waals surface area contributed by atoms with Gasteiger partial charge in [-0.2, -0.15) is 5.10 Å². The lowest BCUT2D eigenvalue weighted by Crippen LogP contribution is -2.34. The first-order valence-electron chi connectivity index (χ1n) is 8.50. The van der Waals surface area contributed by atoms with E-state index in [2.05, 4.69) is 31.7 Å². The topological polar surface area (TPSA) is 76.0 Å². The maximum absolute atomic E-state index is 12.4. The van der Waals surface area contributed by atoms with E-state index in [0.29, 0.717) is 22.8 Å². The van der Waals surface area contributed by atoms with E-state index >= 15 is 0 Å². The van der Waals surface area contributed by atoms with Gasteiger partial charge in [0.1, 0.15) is 0 Å². The monoisotopic (exact) mass is 460 g/mol. The van der Waals surface area contributed by atoms with Crippen LogP contribution in [0.15, 0.2) is 53.0 Å². The molecule has 0 aliphatic carbocycles. The van der Waals surface area contributed by atoms with Gasteiger partial charge >= 0.3 is 6.03 Å². The van der Waals surface area contributed by atoms with E-state index in [-0.39, 0.29) is 0 Å². The lowest BCUT2D eigenvalue weighted by Gasteiger charge is -2.09. The summed E-state index contributed by atoms with van der Waals surface area (Å²) in [6, 6.07) is 13.2. The van der Waals surface area contributed by atoms with Crippen molar-refractivity contribution in [1.29, 1.82) is 0 Å². The number of anilines is 1. The highest BCUT2D eigenvalue weighted by molar-refractivity contribution is 9.10. The highest BCUT2D eigenvalue weighted by atomic mass is 79.9. The third-order valence-electron chi connectivity index (χ3n) is 4.16. The number of hydrogen-bond acceptors (Lipinski definition) is 3. The van der Waals surface area contributed by atoms with Gasteiger partial charge in [-0.3, -0.25) is 14.8 Å². The number of carbonyl (C=O) groups excluding carboxylic acids is 2. The number of amides is 3. The number of hydrogen-bond donors (Lipinski definition) is 2. The Kier molecular flexibility index (Phi) is 6.16. The Bertz CT molecular complexity index is 1050. The molecular weight excluding hydrogens is 444 g/mol. The number of halogens is 2. The average molecular weight is 462 g/mol. The fraction of sp³-hybridized carbons (Fsp3) is 0.150. The largest absolute Gasteiger partial charge is 0.326 e. The highest BCUT2D eigenvalue weighted by Gasteiger charge is 2.13. The van der Waals surface area contributed by atoms with Crippen molar-refractivity contribution in [2.45, 2.75) is 20.4 Å². The zero-order chi connectivity index (χ0) is 20.3. The molecule has 0 aliphatic rings. The third kappa shape index (κ3) is 4.61. The van der Waals surface area contributed by atoms with E-state index in [1.807, 2.05) is 24.6 Å². The van der Waals surface area contributed by atoms with Gasteiger partial charge < -0.3 is 5.32 Å². The van der Waals surface area contributed by atoms with E-state index in [1.54, 1.807) is 42.5 Å². The van der Waals surface area contributed by atoms with Crippen molar-refractivity contribution < 1.29 is 9.59 Å². The summed E-state index contributed by atoms with van der Waals surface area (Å²) in [7, 11) is 0. The molecule has 3 aromatic rings. The molecule has 144 valence electrons. The summed E-state index contributed by atoms with van der Waals surface area (Å²) >= 11 is 9.52. The number of carbonyl (C=O) groups is 2. The molecule has 28 heavy (non-hydrogen) atoms. The Morgan fingerprint density at radius 1 is 1.14 bits per heavy atom. The molecule has 0 saturated heterocycles. The second-order valence-corrected chi connectivity index (χ2v) is 7.43. The predicted octanol–water partition coefficient (Wildman–Crippen LogP) is 4.93. The van der Waals surface area contributed by atoms with Gasteiger partial charge in [-0.1, -0.05) is 35.9 Å². The van der Waals surface area contributed by atoms with Crippen molar-refractivity contribution in [1.82, 2.24) is 15.1 Å². The standard InChI is InChI=1S/C20H18BrClN4O2/c1-12-18(21)13(2)26(25-12)11-14-6-5-7-15(10-14)19(27)24-20(28)23-17-9-4-3-8-16(17)22/h3-10H,11H2,1-2H3,(H2,23,24,27,28). The predicted molar refractivity (Wildman–Crippen MR) is 113 cm³/mol. The Morgan fingerprint density at radius 3 is 2.57 bits per heavy atom. The highest BCUT2D eigenvalue weighted by Crippen LogP contribution is 2.21. The minimum absolute atomic E-state index is 0.382. The van der Waals surface area contributed by atoms with Crippen LogP contribution in [0, 0.1) is 13.8 Å². The first-order valence-corrected chi connectivity index (χ1v) is 9.67. The first kappa shape index (κ1) is 20.1. The molecule has 0 spiro atoms. The molecule has 3 amide bonds. The van der Waals surface area contributed by atoms with Crippen molar-refractivity contribution in [3.8, 4) is 0 Å². The van der Waals surface area contributed by atoms with Gasteiger partial charge in [0.15, 0.2) is 0 Å². The van der Waals surface area contributed by atoms with Gasteiger partial charge in [-0.25, -0.2) is 4.79 Å². The molecule has 3 rings (SSSR count). The lowest BCUT2D eigenvalue weighted by molar-refractivity contribution is 0.0967. The van der Waals surface area contributed by atoms with Crippen molar-refractivity contribution in [2.24, 2.45) is 0 Å². The summed E-state index contributed by atoms with van der Waals surface area (Å²) in [5.74, 6) is -0.499. The van der Waals surface area contributed by atoms with Crippen LogP contribution in [-0.2, 0) is 6.54 Å². The zero-order valence-corrected chi connectivity index (χ0v) is 17.6. The number of aromatic nitrogens is 2. The number of aryl methyl sites for hydroxylation is 1. The minimum atomic E-state index is -0.647. The quantitative estimate of drug-likeness (QED) is 0.579. The molecule has 1 heterocycles. The van der Waals surface area contributed by atoms with Gasteiger partial charge in [-0.05, 0) is 59.6 Å². The molecule has 0 fully saturated rings. The van der Waals surface area contributed by atoms with Crippen LogP contribution in [0.25, 0.3) is 0 Å². The lowest BCUT2D eigenvalue weighted by atomic mass is 10.1. The Hall–Kier alpha value is -2.64. The maximum atomic E-state index is 12.4.